The molecule has 0 saturated carbocycles. The van der Waals surface area contributed by atoms with Crippen molar-refractivity contribution in [3.8, 4) is 11.1 Å². The number of rotatable bonds is 3. The Morgan fingerprint density at radius 2 is 1.90 bits per heavy atom. The first kappa shape index (κ1) is 17.9. The zero-order valence-corrected chi connectivity index (χ0v) is 16.2. The van der Waals surface area contributed by atoms with Gasteiger partial charge < -0.3 is 4.90 Å². The van der Waals surface area contributed by atoms with Gasteiger partial charge in [0.15, 0.2) is 0 Å². The lowest BCUT2D eigenvalue weighted by atomic mass is 9.99. The summed E-state index contributed by atoms with van der Waals surface area (Å²) in [4.78, 5) is 30.0. The van der Waals surface area contributed by atoms with E-state index in [1.807, 2.05) is 19.1 Å². The second-order valence-corrected chi connectivity index (χ2v) is 7.86. The maximum atomic E-state index is 13.5. The van der Waals surface area contributed by atoms with E-state index >= 15 is 0 Å². The van der Waals surface area contributed by atoms with Crippen molar-refractivity contribution < 1.29 is 4.39 Å². The Labute approximate surface area is 167 Å². The first-order chi connectivity index (χ1) is 14.1. The molecule has 1 N–H and O–H groups in total. The molecule has 0 bridgehead atoms. The highest BCUT2D eigenvalue weighted by atomic mass is 19.1. The van der Waals surface area contributed by atoms with E-state index < -0.39 is 5.69 Å². The van der Waals surface area contributed by atoms with Crippen molar-refractivity contribution in [2.24, 2.45) is 11.8 Å². The van der Waals surface area contributed by atoms with Crippen LogP contribution in [-0.2, 0) is 6.54 Å². The van der Waals surface area contributed by atoms with Gasteiger partial charge in [0.25, 0.3) is 5.56 Å². The molecule has 1 fully saturated rings. The molecule has 1 aliphatic heterocycles. The lowest BCUT2D eigenvalue weighted by molar-refractivity contribution is 0.535. The van der Waals surface area contributed by atoms with Crippen molar-refractivity contribution in [1.29, 1.82) is 0 Å². The lowest BCUT2D eigenvalue weighted by Gasteiger charge is -2.25. The molecule has 2 atom stereocenters. The lowest BCUT2D eigenvalue weighted by Crippen LogP contribution is -2.32. The summed E-state index contributed by atoms with van der Waals surface area (Å²) in [7, 11) is 0. The maximum Gasteiger partial charge on any atom is 0.328 e. The second kappa shape index (κ2) is 6.72. The summed E-state index contributed by atoms with van der Waals surface area (Å²) < 4.78 is 15.1. The van der Waals surface area contributed by atoms with E-state index in [9.17, 15) is 14.0 Å². The highest BCUT2D eigenvalue weighted by Crippen LogP contribution is 2.42. The van der Waals surface area contributed by atoms with Gasteiger partial charge in [0.2, 0.25) is 0 Å². The quantitative estimate of drug-likeness (QED) is 0.695. The van der Waals surface area contributed by atoms with Gasteiger partial charge >= 0.3 is 5.69 Å². The van der Waals surface area contributed by atoms with Crippen LogP contribution in [0.25, 0.3) is 22.0 Å². The Morgan fingerprint density at radius 1 is 1.10 bits per heavy atom. The summed E-state index contributed by atoms with van der Waals surface area (Å²) in [6.45, 7) is 4.04. The fourth-order valence-electron chi connectivity index (χ4n) is 4.85. The summed E-state index contributed by atoms with van der Waals surface area (Å²) >= 11 is 0. The van der Waals surface area contributed by atoms with Crippen LogP contribution in [0.3, 0.4) is 0 Å². The number of fused-ring (bicyclic) bond motifs is 2. The molecule has 0 spiro atoms. The number of hydrogen-bond donors (Lipinski definition) is 1. The molecule has 2 heterocycles. The molecule has 5 nitrogen and oxygen atoms in total. The van der Waals surface area contributed by atoms with E-state index in [-0.39, 0.29) is 11.4 Å². The molecular formula is C23H22FN3O2. The van der Waals surface area contributed by atoms with Crippen molar-refractivity contribution >= 4 is 16.6 Å². The molecule has 3 aromatic rings. The first-order valence-corrected chi connectivity index (χ1v) is 10.0. The van der Waals surface area contributed by atoms with Crippen molar-refractivity contribution in [3.05, 3.63) is 75.2 Å². The molecule has 29 heavy (non-hydrogen) atoms. The van der Waals surface area contributed by atoms with Crippen LogP contribution < -0.4 is 16.1 Å². The molecular weight excluding hydrogens is 369 g/mol. The number of aryl methyl sites for hydroxylation is 1. The number of nitrogens with zero attached hydrogens (tertiary/aromatic N) is 2. The van der Waals surface area contributed by atoms with Crippen molar-refractivity contribution in [2.45, 2.75) is 19.9 Å². The molecule has 2 aromatic carbocycles. The van der Waals surface area contributed by atoms with Crippen LogP contribution in [0.15, 0.2) is 58.1 Å². The van der Waals surface area contributed by atoms with Crippen molar-refractivity contribution in [1.82, 2.24) is 9.55 Å². The average Bonchev–Trinajstić information content (AvgIpc) is 3.30. The Hall–Kier alpha value is -3.15. The number of nitrogens with one attached hydrogen (secondary N) is 1. The number of halogens is 1. The summed E-state index contributed by atoms with van der Waals surface area (Å²) in [5.41, 5.74) is 2.43. The molecule has 0 amide bonds. The summed E-state index contributed by atoms with van der Waals surface area (Å²) in [5, 5.41) is 0.525. The fraction of sp³-hybridized carbons (Fsp3) is 0.304. The highest BCUT2D eigenvalue weighted by Gasteiger charge is 2.35. The minimum atomic E-state index is -0.397. The van der Waals surface area contributed by atoms with E-state index in [4.69, 9.17) is 0 Å². The molecule has 5 rings (SSSR count). The number of hydrogen-bond acceptors (Lipinski definition) is 3. The Bertz CT molecular complexity index is 1240. The molecule has 2 aliphatic rings. The molecule has 1 aliphatic carbocycles. The highest BCUT2D eigenvalue weighted by molar-refractivity contribution is 6.00. The second-order valence-electron chi connectivity index (χ2n) is 7.86. The zero-order valence-electron chi connectivity index (χ0n) is 16.2. The number of aromatic amines is 1. The van der Waals surface area contributed by atoms with E-state index in [1.54, 1.807) is 16.7 Å². The van der Waals surface area contributed by atoms with Crippen LogP contribution in [0, 0.1) is 17.7 Å². The van der Waals surface area contributed by atoms with Gasteiger partial charge in [0.1, 0.15) is 5.82 Å². The third-order valence-electron chi connectivity index (χ3n) is 6.24. The number of benzene rings is 2. The molecule has 1 aromatic heterocycles. The summed E-state index contributed by atoms with van der Waals surface area (Å²) in [6.07, 6.45) is 5.55. The largest absolute Gasteiger partial charge is 0.369 e. The topological polar surface area (TPSA) is 58.1 Å². The average molecular weight is 391 g/mol. The van der Waals surface area contributed by atoms with E-state index in [0.29, 0.717) is 29.3 Å². The molecule has 0 unspecified atom stereocenters. The van der Waals surface area contributed by atoms with Crippen LogP contribution in [0.2, 0.25) is 0 Å². The van der Waals surface area contributed by atoms with Crippen LogP contribution in [0.4, 0.5) is 10.1 Å². The third-order valence-corrected chi connectivity index (χ3v) is 6.24. The van der Waals surface area contributed by atoms with E-state index in [1.165, 1.54) is 12.1 Å². The predicted octanol–water partition coefficient (Wildman–Crippen LogP) is 3.53. The Morgan fingerprint density at radius 3 is 2.62 bits per heavy atom. The van der Waals surface area contributed by atoms with Crippen LogP contribution >= 0.6 is 0 Å². The Kier molecular flexibility index (Phi) is 4.15. The monoisotopic (exact) mass is 391 g/mol. The number of allylic oxidation sites excluding steroid dienone is 1. The van der Waals surface area contributed by atoms with Gasteiger partial charge in [-0.15, -0.1) is 0 Å². The van der Waals surface area contributed by atoms with Crippen molar-refractivity contribution in [2.75, 3.05) is 18.0 Å². The first-order valence-electron chi connectivity index (χ1n) is 10.0. The molecule has 1 saturated heterocycles. The zero-order chi connectivity index (χ0) is 20.1. The smallest absolute Gasteiger partial charge is 0.328 e. The van der Waals surface area contributed by atoms with Crippen molar-refractivity contribution in [3.63, 3.8) is 0 Å². The van der Waals surface area contributed by atoms with Gasteiger partial charge in [0, 0.05) is 25.2 Å². The van der Waals surface area contributed by atoms with Crippen LogP contribution in [-0.4, -0.2) is 22.6 Å². The van der Waals surface area contributed by atoms with Crippen LogP contribution in [0.1, 0.15) is 13.3 Å². The van der Waals surface area contributed by atoms with Crippen LogP contribution in [0.5, 0.6) is 0 Å². The third kappa shape index (κ3) is 2.82. The van der Waals surface area contributed by atoms with Gasteiger partial charge in [-0.2, -0.15) is 0 Å². The van der Waals surface area contributed by atoms with Gasteiger partial charge in [-0.3, -0.25) is 14.3 Å². The number of aromatic nitrogens is 2. The number of H-pyrrole nitrogens is 1. The van der Waals surface area contributed by atoms with E-state index in [0.717, 1.165) is 36.3 Å². The van der Waals surface area contributed by atoms with Gasteiger partial charge in [-0.05, 0) is 48.9 Å². The Balaban J connectivity index is 1.81. The van der Waals surface area contributed by atoms with Gasteiger partial charge in [-0.25, -0.2) is 9.18 Å². The minimum absolute atomic E-state index is 0.297. The van der Waals surface area contributed by atoms with Gasteiger partial charge in [0.05, 0.1) is 16.6 Å². The van der Waals surface area contributed by atoms with Gasteiger partial charge in [-0.1, -0.05) is 30.4 Å². The SMILES string of the molecule is CCn1c(=O)[nH]c(=O)c2c(N3C[C@@H]4CC=C[C@@H]4C3)c(-c3ccc(F)cc3)ccc21. The number of anilines is 1. The maximum absolute atomic E-state index is 13.5. The normalized spacial score (nSPS) is 20.6. The van der Waals surface area contributed by atoms with E-state index in [2.05, 4.69) is 22.0 Å². The standard InChI is InChI=1S/C23H22FN3O2/c1-2-27-19-11-10-18(14-6-8-17(24)9-7-14)21(20(19)22(28)25-23(27)29)26-12-15-4-3-5-16(15)13-26/h3-4,6-11,15-16H,2,5,12-13H2,1H3,(H,25,28,29)/t15-,16+/m1/s1. The minimum Gasteiger partial charge on any atom is -0.369 e. The molecule has 148 valence electrons. The molecule has 6 heteroatoms. The summed E-state index contributed by atoms with van der Waals surface area (Å²) in [5.74, 6) is 0.722. The molecule has 0 radical (unpaired) electrons. The fourth-order valence-corrected chi connectivity index (χ4v) is 4.85. The summed E-state index contributed by atoms with van der Waals surface area (Å²) in [6, 6.07) is 10.1. The predicted molar refractivity (Wildman–Crippen MR) is 113 cm³/mol.